The van der Waals surface area contributed by atoms with Crippen molar-refractivity contribution in [1.82, 2.24) is 5.32 Å². The molecule has 0 aliphatic rings. The topological polar surface area (TPSA) is 25.2 Å². The van der Waals surface area contributed by atoms with Crippen molar-refractivity contribution in [2.45, 2.75) is 12.5 Å². The molecule has 0 fully saturated rings. The Kier molecular flexibility index (Phi) is 4.27. The van der Waals surface area contributed by atoms with E-state index >= 15 is 0 Å². The fraction of sp³-hybridized carbons (Fsp3) is 0.231. The second kappa shape index (κ2) is 5.74. The van der Waals surface area contributed by atoms with Crippen molar-refractivity contribution in [2.24, 2.45) is 0 Å². The maximum Gasteiger partial charge on any atom is 0.197 e. The van der Waals surface area contributed by atoms with Crippen LogP contribution in [0.4, 0.5) is 4.39 Å². The summed E-state index contributed by atoms with van der Waals surface area (Å²) in [7, 11) is 1.82. The van der Waals surface area contributed by atoms with Gasteiger partial charge in [-0.25, -0.2) is 4.39 Å². The zero-order chi connectivity index (χ0) is 13.1. The highest BCUT2D eigenvalue weighted by molar-refractivity contribution is 6.30. The standard InChI is InChI=1S/C13H12Cl2FNO/c1-17-12(9-4-5-18-13(9)15)7-8-2-3-10(14)11(16)6-8/h2-6,12,17H,7H2,1H3. The number of benzene rings is 1. The number of likely N-dealkylation sites (N-methyl/N-ethyl adjacent to an activating group) is 1. The lowest BCUT2D eigenvalue weighted by atomic mass is 10.0. The number of hydrogen-bond acceptors (Lipinski definition) is 2. The molecule has 0 aliphatic heterocycles. The van der Waals surface area contributed by atoms with Gasteiger partial charge in [0, 0.05) is 11.6 Å². The molecule has 2 nitrogen and oxygen atoms in total. The molecule has 0 saturated heterocycles. The maximum atomic E-state index is 13.4. The summed E-state index contributed by atoms with van der Waals surface area (Å²) in [5.74, 6) is -0.415. The summed E-state index contributed by atoms with van der Waals surface area (Å²) >= 11 is 11.6. The highest BCUT2D eigenvalue weighted by Gasteiger charge is 2.16. The Labute approximate surface area is 115 Å². The van der Waals surface area contributed by atoms with E-state index in [0.717, 1.165) is 11.1 Å². The van der Waals surface area contributed by atoms with Crippen LogP contribution in [0.15, 0.2) is 34.9 Å². The zero-order valence-corrected chi connectivity index (χ0v) is 11.2. The van der Waals surface area contributed by atoms with Gasteiger partial charge in [-0.1, -0.05) is 17.7 Å². The van der Waals surface area contributed by atoms with Gasteiger partial charge in [-0.3, -0.25) is 0 Å². The Morgan fingerprint density at radius 2 is 2.11 bits per heavy atom. The molecule has 0 spiro atoms. The Morgan fingerprint density at radius 1 is 1.33 bits per heavy atom. The lowest BCUT2D eigenvalue weighted by molar-refractivity contribution is 0.543. The first-order valence-electron chi connectivity index (χ1n) is 5.46. The smallest absolute Gasteiger partial charge is 0.197 e. The molecule has 2 aromatic rings. The van der Waals surface area contributed by atoms with E-state index in [1.54, 1.807) is 18.2 Å². The van der Waals surface area contributed by atoms with Crippen LogP contribution in [0.1, 0.15) is 17.2 Å². The molecule has 1 atom stereocenters. The summed E-state index contributed by atoms with van der Waals surface area (Å²) in [6.07, 6.45) is 2.13. The van der Waals surface area contributed by atoms with Gasteiger partial charge in [0.05, 0.1) is 11.3 Å². The van der Waals surface area contributed by atoms with E-state index in [1.165, 1.54) is 12.3 Å². The van der Waals surface area contributed by atoms with Gasteiger partial charge in [0.1, 0.15) is 5.82 Å². The van der Waals surface area contributed by atoms with Crippen molar-refractivity contribution in [2.75, 3.05) is 7.05 Å². The predicted molar refractivity (Wildman–Crippen MR) is 70.6 cm³/mol. The summed E-state index contributed by atoms with van der Waals surface area (Å²) in [5, 5.41) is 3.60. The molecule has 0 amide bonds. The molecule has 96 valence electrons. The van der Waals surface area contributed by atoms with E-state index in [-0.39, 0.29) is 11.1 Å². The average molecular weight is 288 g/mol. The molecule has 5 heteroatoms. The first-order valence-corrected chi connectivity index (χ1v) is 6.21. The van der Waals surface area contributed by atoms with Gasteiger partial charge in [0.15, 0.2) is 5.22 Å². The van der Waals surface area contributed by atoms with Crippen LogP contribution in [0.2, 0.25) is 10.2 Å². The fourth-order valence-electron chi connectivity index (χ4n) is 1.82. The molecule has 1 N–H and O–H groups in total. The van der Waals surface area contributed by atoms with E-state index in [4.69, 9.17) is 27.6 Å². The number of nitrogens with one attached hydrogen (secondary N) is 1. The van der Waals surface area contributed by atoms with Crippen LogP contribution < -0.4 is 5.32 Å². The quantitative estimate of drug-likeness (QED) is 0.910. The molecule has 0 aliphatic carbocycles. The molecule has 0 bridgehead atoms. The second-order valence-electron chi connectivity index (χ2n) is 3.94. The Hall–Kier alpha value is -1.03. The highest BCUT2D eigenvalue weighted by Crippen LogP contribution is 2.27. The van der Waals surface area contributed by atoms with E-state index in [9.17, 15) is 4.39 Å². The summed E-state index contributed by atoms with van der Waals surface area (Å²) in [4.78, 5) is 0. The molecule has 18 heavy (non-hydrogen) atoms. The van der Waals surface area contributed by atoms with Gasteiger partial charge in [-0.2, -0.15) is 0 Å². The van der Waals surface area contributed by atoms with E-state index < -0.39 is 5.82 Å². The van der Waals surface area contributed by atoms with Crippen LogP contribution >= 0.6 is 23.2 Å². The number of halogens is 3. The van der Waals surface area contributed by atoms with Crippen LogP contribution in [0.3, 0.4) is 0 Å². The molecular formula is C13H12Cl2FNO. The van der Waals surface area contributed by atoms with Crippen molar-refractivity contribution < 1.29 is 8.81 Å². The molecule has 1 heterocycles. The van der Waals surface area contributed by atoms with Crippen LogP contribution in [0.25, 0.3) is 0 Å². The molecule has 2 rings (SSSR count). The van der Waals surface area contributed by atoms with Crippen LogP contribution in [0, 0.1) is 5.82 Å². The van der Waals surface area contributed by atoms with Crippen LogP contribution in [-0.4, -0.2) is 7.05 Å². The second-order valence-corrected chi connectivity index (χ2v) is 4.69. The molecule has 0 radical (unpaired) electrons. The Morgan fingerprint density at radius 3 is 2.67 bits per heavy atom. The highest BCUT2D eigenvalue weighted by atomic mass is 35.5. The van der Waals surface area contributed by atoms with E-state index in [0.29, 0.717) is 11.6 Å². The molecule has 0 saturated carbocycles. The Balaban J connectivity index is 2.20. The number of rotatable bonds is 4. The van der Waals surface area contributed by atoms with Gasteiger partial charge < -0.3 is 9.73 Å². The summed E-state index contributed by atoms with van der Waals surface area (Å²) in [6.45, 7) is 0. The minimum atomic E-state index is -0.415. The van der Waals surface area contributed by atoms with Crippen molar-refractivity contribution in [1.29, 1.82) is 0 Å². The molecule has 1 aromatic carbocycles. The summed E-state index contributed by atoms with van der Waals surface area (Å²) in [5.41, 5.74) is 1.70. The normalized spacial score (nSPS) is 12.7. The largest absolute Gasteiger partial charge is 0.453 e. The van der Waals surface area contributed by atoms with E-state index in [2.05, 4.69) is 5.32 Å². The van der Waals surface area contributed by atoms with Crippen LogP contribution in [0.5, 0.6) is 0 Å². The average Bonchev–Trinajstić information content (AvgIpc) is 2.77. The number of furan rings is 1. The third-order valence-corrected chi connectivity index (χ3v) is 3.41. The molecule has 1 unspecified atom stereocenters. The van der Waals surface area contributed by atoms with Crippen molar-refractivity contribution >= 4 is 23.2 Å². The first kappa shape index (κ1) is 13.4. The van der Waals surface area contributed by atoms with Crippen molar-refractivity contribution in [3.05, 3.63) is 57.7 Å². The lowest BCUT2D eigenvalue weighted by Gasteiger charge is -2.15. The SMILES string of the molecule is CNC(Cc1ccc(Cl)c(F)c1)c1ccoc1Cl. The van der Waals surface area contributed by atoms with Crippen molar-refractivity contribution in [3.63, 3.8) is 0 Å². The van der Waals surface area contributed by atoms with E-state index in [1.807, 2.05) is 7.05 Å². The number of hydrogen-bond donors (Lipinski definition) is 1. The van der Waals surface area contributed by atoms with Gasteiger partial charge >= 0.3 is 0 Å². The first-order chi connectivity index (χ1) is 8.61. The van der Waals surface area contributed by atoms with Gasteiger partial charge in [0.25, 0.3) is 0 Å². The Bertz CT molecular complexity index is 542. The van der Waals surface area contributed by atoms with Crippen molar-refractivity contribution in [3.8, 4) is 0 Å². The minimum absolute atomic E-state index is 0.0307. The summed E-state index contributed by atoms with van der Waals surface area (Å²) in [6, 6.07) is 6.55. The lowest BCUT2D eigenvalue weighted by Crippen LogP contribution is -2.18. The third kappa shape index (κ3) is 2.86. The minimum Gasteiger partial charge on any atom is -0.453 e. The van der Waals surface area contributed by atoms with Gasteiger partial charge in [0.2, 0.25) is 0 Å². The summed E-state index contributed by atoms with van der Waals surface area (Å²) < 4.78 is 18.4. The third-order valence-electron chi connectivity index (χ3n) is 2.79. The van der Waals surface area contributed by atoms with Crippen LogP contribution in [-0.2, 0) is 6.42 Å². The molecular weight excluding hydrogens is 276 g/mol. The van der Waals surface area contributed by atoms with Gasteiger partial charge in [-0.05, 0) is 48.8 Å². The predicted octanol–water partition coefficient (Wildman–Crippen LogP) is 4.23. The fourth-order valence-corrected chi connectivity index (χ4v) is 2.19. The zero-order valence-electron chi connectivity index (χ0n) is 9.71. The molecule has 1 aromatic heterocycles. The maximum absolute atomic E-state index is 13.4. The monoisotopic (exact) mass is 287 g/mol. The van der Waals surface area contributed by atoms with Gasteiger partial charge in [-0.15, -0.1) is 0 Å².